The van der Waals surface area contributed by atoms with E-state index in [0.717, 1.165) is 19.5 Å². The van der Waals surface area contributed by atoms with Crippen molar-refractivity contribution >= 4 is 22.8 Å². The lowest BCUT2D eigenvalue weighted by Crippen LogP contribution is -2.22. The lowest BCUT2D eigenvalue weighted by molar-refractivity contribution is -0.384. The first kappa shape index (κ1) is 13.3. The van der Waals surface area contributed by atoms with Crippen LogP contribution < -0.4 is 10.2 Å². The summed E-state index contributed by atoms with van der Waals surface area (Å²) in [6.07, 6.45) is 0.964. The molecule has 2 rings (SSSR count). The van der Waals surface area contributed by atoms with Crippen LogP contribution in [-0.2, 0) is 0 Å². The highest BCUT2D eigenvalue weighted by atomic mass is 16.6. The SMILES string of the molecule is CNCCCN(C)c1nc2cc([N+](=O)[O-])ccc2o1. The van der Waals surface area contributed by atoms with Gasteiger partial charge in [0.1, 0.15) is 5.52 Å². The first-order chi connectivity index (χ1) is 9.11. The zero-order valence-corrected chi connectivity index (χ0v) is 10.9. The Balaban J connectivity index is 2.18. The van der Waals surface area contributed by atoms with E-state index in [2.05, 4.69) is 10.3 Å². The van der Waals surface area contributed by atoms with E-state index < -0.39 is 4.92 Å². The number of aromatic nitrogens is 1. The molecular formula is C12H16N4O3. The Bertz CT molecular complexity index is 581. The molecule has 0 unspecified atom stereocenters. The quantitative estimate of drug-likeness (QED) is 0.486. The molecule has 7 heteroatoms. The van der Waals surface area contributed by atoms with Crippen molar-refractivity contribution in [3.63, 3.8) is 0 Å². The van der Waals surface area contributed by atoms with Crippen molar-refractivity contribution in [3.05, 3.63) is 28.3 Å². The number of benzene rings is 1. The van der Waals surface area contributed by atoms with Gasteiger partial charge in [-0.2, -0.15) is 4.98 Å². The highest BCUT2D eigenvalue weighted by molar-refractivity contribution is 5.77. The smallest absolute Gasteiger partial charge is 0.298 e. The van der Waals surface area contributed by atoms with Crippen LogP contribution in [0, 0.1) is 10.1 Å². The van der Waals surface area contributed by atoms with Crippen molar-refractivity contribution in [3.8, 4) is 0 Å². The summed E-state index contributed by atoms with van der Waals surface area (Å²) in [5.41, 5.74) is 1.08. The van der Waals surface area contributed by atoms with E-state index in [0.29, 0.717) is 17.1 Å². The summed E-state index contributed by atoms with van der Waals surface area (Å²) in [5, 5.41) is 13.8. The molecule has 0 atom stereocenters. The van der Waals surface area contributed by atoms with Crippen molar-refractivity contribution in [1.29, 1.82) is 0 Å². The van der Waals surface area contributed by atoms with E-state index in [1.165, 1.54) is 12.1 Å². The summed E-state index contributed by atoms with van der Waals surface area (Å²) in [6.45, 7) is 1.71. The minimum absolute atomic E-state index is 0.0187. The maximum Gasteiger partial charge on any atom is 0.298 e. The number of nitrogens with one attached hydrogen (secondary N) is 1. The second-order valence-corrected chi connectivity index (χ2v) is 4.28. The predicted octanol–water partition coefficient (Wildman–Crippen LogP) is 1.78. The van der Waals surface area contributed by atoms with Gasteiger partial charge in [0, 0.05) is 25.7 Å². The van der Waals surface area contributed by atoms with Crippen LogP contribution in [0.2, 0.25) is 0 Å². The highest BCUT2D eigenvalue weighted by Crippen LogP contribution is 2.24. The maximum absolute atomic E-state index is 10.7. The number of nitrogens with zero attached hydrogens (tertiary/aromatic N) is 3. The molecule has 0 aliphatic heterocycles. The van der Waals surface area contributed by atoms with Gasteiger partial charge in [-0.15, -0.1) is 0 Å². The fourth-order valence-corrected chi connectivity index (χ4v) is 1.77. The Hall–Kier alpha value is -2.15. The van der Waals surface area contributed by atoms with E-state index in [9.17, 15) is 10.1 Å². The van der Waals surface area contributed by atoms with Gasteiger partial charge in [0.25, 0.3) is 11.7 Å². The molecule has 0 saturated heterocycles. The number of nitro groups is 1. The van der Waals surface area contributed by atoms with Gasteiger partial charge in [0.15, 0.2) is 5.58 Å². The molecule has 0 spiro atoms. The average Bonchev–Trinajstić information content (AvgIpc) is 2.81. The molecule has 1 aromatic heterocycles. The van der Waals surface area contributed by atoms with Crippen LogP contribution in [0.25, 0.3) is 11.1 Å². The first-order valence-corrected chi connectivity index (χ1v) is 6.02. The normalized spacial score (nSPS) is 10.8. The van der Waals surface area contributed by atoms with Gasteiger partial charge < -0.3 is 14.6 Å². The summed E-state index contributed by atoms with van der Waals surface area (Å²) >= 11 is 0. The van der Waals surface area contributed by atoms with Crippen molar-refractivity contribution in [2.75, 3.05) is 32.1 Å². The zero-order chi connectivity index (χ0) is 13.8. The predicted molar refractivity (Wildman–Crippen MR) is 72.5 cm³/mol. The summed E-state index contributed by atoms with van der Waals surface area (Å²) in [5.74, 6) is 0. The Morgan fingerprint density at radius 1 is 1.53 bits per heavy atom. The summed E-state index contributed by atoms with van der Waals surface area (Å²) in [6, 6.07) is 4.89. The number of hydrogen-bond donors (Lipinski definition) is 1. The molecule has 7 nitrogen and oxygen atoms in total. The molecule has 1 aromatic carbocycles. The fourth-order valence-electron chi connectivity index (χ4n) is 1.77. The second-order valence-electron chi connectivity index (χ2n) is 4.28. The van der Waals surface area contributed by atoms with Crippen LogP contribution >= 0.6 is 0 Å². The van der Waals surface area contributed by atoms with E-state index in [1.54, 1.807) is 6.07 Å². The lowest BCUT2D eigenvalue weighted by Gasteiger charge is -2.13. The third-order valence-corrected chi connectivity index (χ3v) is 2.82. The van der Waals surface area contributed by atoms with Crippen LogP contribution in [0.5, 0.6) is 0 Å². The van der Waals surface area contributed by atoms with Crippen molar-refractivity contribution in [2.45, 2.75) is 6.42 Å². The molecule has 102 valence electrons. The molecule has 2 aromatic rings. The molecule has 0 saturated carbocycles. The Morgan fingerprint density at radius 2 is 2.32 bits per heavy atom. The number of anilines is 1. The lowest BCUT2D eigenvalue weighted by atomic mass is 10.3. The van der Waals surface area contributed by atoms with Crippen molar-refractivity contribution < 1.29 is 9.34 Å². The van der Waals surface area contributed by atoms with Crippen LogP contribution in [0.3, 0.4) is 0 Å². The van der Waals surface area contributed by atoms with Gasteiger partial charge in [-0.05, 0) is 26.1 Å². The molecule has 0 amide bonds. The number of rotatable bonds is 6. The summed E-state index contributed by atoms with van der Waals surface area (Å²) in [4.78, 5) is 16.4. The third kappa shape index (κ3) is 3.00. The second kappa shape index (κ2) is 5.66. The Kier molecular flexibility index (Phi) is 3.96. The molecule has 1 N–H and O–H groups in total. The van der Waals surface area contributed by atoms with E-state index >= 15 is 0 Å². The summed E-state index contributed by atoms with van der Waals surface area (Å²) in [7, 11) is 3.79. The number of nitro benzene ring substituents is 1. The first-order valence-electron chi connectivity index (χ1n) is 6.02. The van der Waals surface area contributed by atoms with Crippen LogP contribution in [0.1, 0.15) is 6.42 Å². The zero-order valence-electron chi connectivity index (χ0n) is 10.9. The van der Waals surface area contributed by atoms with Crippen molar-refractivity contribution in [2.24, 2.45) is 0 Å². The monoisotopic (exact) mass is 264 g/mol. The Morgan fingerprint density at radius 3 is 3.00 bits per heavy atom. The van der Waals surface area contributed by atoms with E-state index in [4.69, 9.17) is 4.42 Å². The molecule has 0 fully saturated rings. The minimum atomic E-state index is -0.440. The van der Waals surface area contributed by atoms with Gasteiger partial charge in [-0.25, -0.2) is 0 Å². The van der Waals surface area contributed by atoms with E-state index in [-0.39, 0.29) is 5.69 Å². The number of hydrogen-bond acceptors (Lipinski definition) is 6. The van der Waals surface area contributed by atoms with Gasteiger partial charge in [-0.1, -0.05) is 0 Å². The molecule has 1 heterocycles. The van der Waals surface area contributed by atoms with Gasteiger partial charge in [0.2, 0.25) is 0 Å². The molecule has 0 aliphatic rings. The van der Waals surface area contributed by atoms with Crippen LogP contribution in [0.4, 0.5) is 11.7 Å². The van der Waals surface area contributed by atoms with Gasteiger partial charge in [-0.3, -0.25) is 10.1 Å². The molecular weight excluding hydrogens is 248 g/mol. The standard InChI is InChI=1S/C12H16N4O3/c1-13-6-3-7-15(2)12-14-10-8-9(16(17)18)4-5-11(10)19-12/h4-5,8,13H,3,6-7H2,1-2H3. The number of oxazole rings is 1. The van der Waals surface area contributed by atoms with Crippen molar-refractivity contribution in [1.82, 2.24) is 10.3 Å². The largest absolute Gasteiger partial charge is 0.423 e. The molecule has 0 bridgehead atoms. The van der Waals surface area contributed by atoms with Crippen LogP contribution in [-0.4, -0.2) is 37.1 Å². The Labute approximate surface area is 110 Å². The number of fused-ring (bicyclic) bond motifs is 1. The average molecular weight is 264 g/mol. The van der Waals surface area contributed by atoms with Gasteiger partial charge >= 0.3 is 0 Å². The maximum atomic E-state index is 10.7. The van der Waals surface area contributed by atoms with Gasteiger partial charge in [0.05, 0.1) is 4.92 Å². The molecule has 19 heavy (non-hydrogen) atoms. The number of non-ortho nitro benzene ring substituents is 1. The third-order valence-electron chi connectivity index (χ3n) is 2.82. The molecule has 0 radical (unpaired) electrons. The molecule has 0 aliphatic carbocycles. The highest BCUT2D eigenvalue weighted by Gasteiger charge is 2.13. The van der Waals surface area contributed by atoms with E-state index in [1.807, 2.05) is 19.0 Å². The minimum Gasteiger partial charge on any atom is -0.423 e. The fraction of sp³-hybridized carbons (Fsp3) is 0.417. The summed E-state index contributed by atoms with van der Waals surface area (Å²) < 4.78 is 5.57. The van der Waals surface area contributed by atoms with Crippen LogP contribution in [0.15, 0.2) is 22.6 Å². The topological polar surface area (TPSA) is 84.4 Å².